The minimum absolute atomic E-state index is 0. The number of hydrogen-bond acceptors (Lipinski definition) is 3. The zero-order valence-electron chi connectivity index (χ0n) is 13.7. The number of hydrogen-bond donors (Lipinski definition) is 1. The minimum atomic E-state index is 0. The minimum Gasteiger partial charge on any atom is -0.491 e. The van der Waals surface area contributed by atoms with Crippen LogP contribution in [0.25, 0.3) is 0 Å². The highest BCUT2D eigenvalue weighted by molar-refractivity contribution is 5.85. The van der Waals surface area contributed by atoms with E-state index >= 15 is 0 Å². The van der Waals surface area contributed by atoms with Crippen LogP contribution in [-0.2, 0) is 4.79 Å². The predicted molar refractivity (Wildman–Crippen MR) is 91.7 cm³/mol. The largest absolute Gasteiger partial charge is 0.491 e. The summed E-state index contributed by atoms with van der Waals surface area (Å²) in [6.45, 7) is 6.27. The van der Waals surface area contributed by atoms with Crippen LogP contribution in [0.5, 0.6) is 5.75 Å². The van der Waals surface area contributed by atoms with E-state index in [9.17, 15) is 4.79 Å². The summed E-state index contributed by atoms with van der Waals surface area (Å²) in [5, 5.41) is 3.38. The third-order valence-electron chi connectivity index (χ3n) is 4.13. The highest BCUT2D eigenvalue weighted by atomic mass is 35.5. The summed E-state index contributed by atoms with van der Waals surface area (Å²) >= 11 is 0. The smallest absolute Gasteiger partial charge is 0.225 e. The highest BCUT2D eigenvalue weighted by Gasteiger charge is 2.26. The molecule has 1 aromatic carbocycles. The van der Waals surface area contributed by atoms with Gasteiger partial charge in [0.1, 0.15) is 12.4 Å². The molecule has 124 valence electrons. The van der Waals surface area contributed by atoms with Gasteiger partial charge in [0.2, 0.25) is 5.91 Å². The van der Waals surface area contributed by atoms with Crippen LogP contribution in [0.15, 0.2) is 24.3 Å². The van der Waals surface area contributed by atoms with Gasteiger partial charge in [-0.1, -0.05) is 18.2 Å². The number of para-hydroxylation sites is 1. The Hall–Kier alpha value is -1.26. The molecule has 1 heterocycles. The number of nitrogens with zero attached hydrogens (tertiary/aromatic N) is 1. The zero-order chi connectivity index (χ0) is 15.2. The number of ether oxygens (including phenoxy) is 1. The number of carbonyl (C=O) groups is 1. The van der Waals surface area contributed by atoms with Crippen LogP contribution in [0.4, 0.5) is 0 Å². The lowest BCUT2D eigenvalue weighted by molar-refractivity contribution is -0.135. The second-order valence-corrected chi connectivity index (χ2v) is 5.95. The molecule has 0 saturated carbocycles. The molecule has 1 N–H and O–H groups in total. The number of carbonyl (C=O) groups excluding carboxylic acids is 1. The number of aryl methyl sites for hydroxylation is 1. The summed E-state index contributed by atoms with van der Waals surface area (Å²) < 4.78 is 5.76. The van der Waals surface area contributed by atoms with Crippen molar-refractivity contribution in [2.75, 3.05) is 26.7 Å². The average molecular weight is 327 g/mol. The van der Waals surface area contributed by atoms with Crippen molar-refractivity contribution in [3.05, 3.63) is 29.8 Å². The molecule has 1 saturated heterocycles. The molecule has 1 amide bonds. The van der Waals surface area contributed by atoms with E-state index in [-0.39, 0.29) is 24.2 Å². The summed E-state index contributed by atoms with van der Waals surface area (Å²) in [5.41, 5.74) is 1.12. The van der Waals surface area contributed by atoms with Crippen LogP contribution in [-0.4, -0.2) is 43.6 Å². The summed E-state index contributed by atoms with van der Waals surface area (Å²) in [6, 6.07) is 8.39. The van der Waals surface area contributed by atoms with Crippen LogP contribution in [0.1, 0.15) is 25.3 Å². The fraction of sp³-hybridized carbons (Fsp3) is 0.588. The molecule has 0 unspecified atom stereocenters. The molecule has 1 fully saturated rings. The van der Waals surface area contributed by atoms with Gasteiger partial charge in [0, 0.05) is 19.0 Å². The molecule has 4 nitrogen and oxygen atoms in total. The van der Waals surface area contributed by atoms with E-state index in [1.165, 1.54) is 0 Å². The van der Waals surface area contributed by atoms with E-state index in [1.807, 2.05) is 38.2 Å². The maximum Gasteiger partial charge on any atom is 0.225 e. The van der Waals surface area contributed by atoms with Gasteiger partial charge in [-0.25, -0.2) is 0 Å². The first-order valence-electron chi connectivity index (χ1n) is 7.74. The Morgan fingerprint density at radius 1 is 1.41 bits per heavy atom. The Labute approximate surface area is 139 Å². The first-order valence-corrected chi connectivity index (χ1v) is 7.74. The van der Waals surface area contributed by atoms with E-state index in [1.54, 1.807) is 4.90 Å². The molecule has 0 bridgehead atoms. The first kappa shape index (κ1) is 18.8. The standard InChI is InChI=1S/C17H26N2O2.ClH/c1-13-6-4-5-7-16(13)21-11-10-19(3)17(20)15-8-9-18-14(2)12-15;/h4-7,14-15,18H,8-12H2,1-3H3;1H/t14-,15-;/m0./s1. The molecule has 2 atom stereocenters. The van der Waals surface area contributed by atoms with Crippen LogP contribution in [0, 0.1) is 12.8 Å². The summed E-state index contributed by atoms with van der Waals surface area (Å²) in [6.07, 6.45) is 1.87. The van der Waals surface area contributed by atoms with Crippen molar-refractivity contribution >= 4 is 18.3 Å². The molecule has 1 aliphatic rings. The Kier molecular flexibility index (Phi) is 7.69. The van der Waals surface area contributed by atoms with Crippen molar-refractivity contribution in [1.82, 2.24) is 10.2 Å². The molecule has 22 heavy (non-hydrogen) atoms. The normalized spacial score (nSPS) is 20.9. The lowest BCUT2D eigenvalue weighted by Crippen LogP contribution is -2.43. The number of nitrogens with one attached hydrogen (secondary N) is 1. The van der Waals surface area contributed by atoms with Gasteiger partial charge in [-0.15, -0.1) is 12.4 Å². The van der Waals surface area contributed by atoms with Crippen LogP contribution < -0.4 is 10.1 Å². The van der Waals surface area contributed by atoms with Gasteiger partial charge < -0.3 is 15.0 Å². The second-order valence-electron chi connectivity index (χ2n) is 5.95. The Bertz CT molecular complexity index is 481. The molecule has 2 rings (SSSR count). The van der Waals surface area contributed by atoms with Crippen molar-refractivity contribution in [1.29, 1.82) is 0 Å². The van der Waals surface area contributed by atoms with Crippen molar-refractivity contribution in [2.45, 2.75) is 32.7 Å². The maximum atomic E-state index is 12.4. The van der Waals surface area contributed by atoms with Crippen LogP contribution in [0.3, 0.4) is 0 Å². The van der Waals surface area contributed by atoms with E-state index in [2.05, 4.69) is 12.2 Å². The van der Waals surface area contributed by atoms with Gasteiger partial charge in [-0.2, -0.15) is 0 Å². The molecular formula is C17H27ClN2O2. The Morgan fingerprint density at radius 3 is 2.82 bits per heavy atom. The highest BCUT2D eigenvalue weighted by Crippen LogP contribution is 2.19. The quantitative estimate of drug-likeness (QED) is 0.904. The average Bonchev–Trinajstić information content (AvgIpc) is 2.48. The topological polar surface area (TPSA) is 41.6 Å². The number of piperidine rings is 1. The molecule has 1 aromatic rings. The SMILES string of the molecule is Cc1ccccc1OCCN(C)C(=O)[C@H]1CCN[C@@H](C)C1.Cl. The first-order chi connectivity index (χ1) is 10.1. The molecule has 5 heteroatoms. The Morgan fingerprint density at radius 2 is 2.14 bits per heavy atom. The van der Waals surface area contributed by atoms with Gasteiger partial charge in [0.25, 0.3) is 0 Å². The van der Waals surface area contributed by atoms with E-state index < -0.39 is 0 Å². The maximum absolute atomic E-state index is 12.4. The van der Waals surface area contributed by atoms with E-state index in [0.29, 0.717) is 19.2 Å². The zero-order valence-corrected chi connectivity index (χ0v) is 14.5. The number of amides is 1. The molecule has 0 aromatic heterocycles. The molecule has 0 spiro atoms. The van der Waals surface area contributed by atoms with Crippen LogP contribution >= 0.6 is 12.4 Å². The van der Waals surface area contributed by atoms with Gasteiger partial charge in [0.15, 0.2) is 0 Å². The van der Waals surface area contributed by atoms with Gasteiger partial charge >= 0.3 is 0 Å². The lowest BCUT2D eigenvalue weighted by atomic mass is 9.92. The number of likely N-dealkylation sites (N-methyl/N-ethyl adjacent to an activating group) is 1. The van der Waals surface area contributed by atoms with Crippen molar-refractivity contribution in [3.8, 4) is 5.75 Å². The lowest BCUT2D eigenvalue weighted by Gasteiger charge is -2.30. The predicted octanol–water partition coefficient (Wildman–Crippen LogP) is 2.64. The number of rotatable bonds is 5. The van der Waals surface area contributed by atoms with Gasteiger partial charge in [-0.05, 0) is 44.9 Å². The van der Waals surface area contributed by atoms with Crippen LogP contribution in [0.2, 0.25) is 0 Å². The fourth-order valence-electron chi connectivity index (χ4n) is 2.79. The molecular weight excluding hydrogens is 300 g/mol. The second kappa shape index (κ2) is 9.01. The van der Waals surface area contributed by atoms with Crippen molar-refractivity contribution in [3.63, 3.8) is 0 Å². The number of halogens is 1. The molecule has 0 radical (unpaired) electrons. The fourth-order valence-corrected chi connectivity index (χ4v) is 2.79. The number of benzene rings is 1. The van der Waals surface area contributed by atoms with E-state index in [0.717, 1.165) is 30.7 Å². The molecule has 0 aliphatic carbocycles. The monoisotopic (exact) mass is 326 g/mol. The van der Waals surface area contributed by atoms with Gasteiger partial charge in [-0.3, -0.25) is 4.79 Å². The van der Waals surface area contributed by atoms with Crippen molar-refractivity contribution in [2.24, 2.45) is 5.92 Å². The Balaban J connectivity index is 0.00000242. The molecule has 1 aliphatic heterocycles. The van der Waals surface area contributed by atoms with E-state index in [4.69, 9.17) is 4.74 Å². The van der Waals surface area contributed by atoms with Crippen molar-refractivity contribution < 1.29 is 9.53 Å². The third kappa shape index (κ3) is 5.18. The third-order valence-corrected chi connectivity index (χ3v) is 4.13. The summed E-state index contributed by atoms with van der Waals surface area (Å²) in [7, 11) is 1.87. The summed E-state index contributed by atoms with van der Waals surface area (Å²) in [5.74, 6) is 1.30. The summed E-state index contributed by atoms with van der Waals surface area (Å²) in [4.78, 5) is 14.2. The van der Waals surface area contributed by atoms with Gasteiger partial charge in [0.05, 0.1) is 6.54 Å².